The number of para-hydroxylation sites is 2. The van der Waals surface area contributed by atoms with Gasteiger partial charge in [-0.15, -0.1) is 0 Å². The van der Waals surface area contributed by atoms with Crippen LogP contribution in [0.5, 0.6) is 5.75 Å². The Labute approximate surface area is 130 Å². The maximum Gasteiger partial charge on any atom is 0.262 e. The maximum absolute atomic E-state index is 13.5. The number of carbonyl (C=O) groups excluding carboxylic acids is 1. The highest BCUT2D eigenvalue weighted by Crippen LogP contribution is 2.28. The number of nitrogens with one attached hydrogen (secondary N) is 1. The van der Waals surface area contributed by atoms with E-state index in [1.807, 2.05) is 24.3 Å². The minimum Gasteiger partial charge on any atom is -0.483 e. The van der Waals surface area contributed by atoms with Crippen LogP contribution < -0.4 is 10.1 Å². The van der Waals surface area contributed by atoms with E-state index >= 15 is 0 Å². The van der Waals surface area contributed by atoms with Crippen molar-refractivity contribution in [1.29, 1.82) is 0 Å². The molecule has 0 saturated heterocycles. The normalized spacial score (nSPS) is 11.8. The predicted octanol–water partition coefficient (Wildman–Crippen LogP) is 4.36. The Morgan fingerprint density at radius 1 is 1.18 bits per heavy atom. The van der Waals surface area contributed by atoms with Gasteiger partial charge in [-0.25, -0.2) is 4.39 Å². The summed E-state index contributed by atoms with van der Waals surface area (Å²) in [5, 5.41) is 2.50. The molecule has 1 atom stereocenters. The molecule has 0 fully saturated rings. The molecule has 116 valence electrons. The van der Waals surface area contributed by atoms with Gasteiger partial charge in [0.05, 0.1) is 5.69 Å². The van der Waals surface area contributed by atoms with Gasteiger partial charge < -0.3 is 10.1 Å². The fourth-order valence-electron chi connectivity index (χ4n) is 2.13. The van der Waals surface area contributed by atoms with E-state index in [4.69, 9.17) is 4.74 Å². The van der Waals surface area contributed by atoms with E-state index in [2.05, 4.69) is 19.2 Å². The van der Waals surface area contributed by atoms with Crippen LogP contribution in [0.4, 0.5) is 10.1 Å². The third kappa shape index (κ3) is 4.07. The van der Waals surface area contributed by atoms with Crippen LogP contribution in [0.15, 0.2) is 48.5 Å². The maximum atomic E-state index is 13.5. The van der Waals surface area contributed by atoms with E-state index in [1.165, 1.54) is 12.1 Å². The molecule has 1 N–H and O–H groups in total. The Balaban J connectivity index is 1.99. The lowest BCUT2D eigenvalue weighted by Crippen LogP contribution is -2.21. The summed E-state index contributed by atoms with van der Waals surface area (Å²) in [7, 11) is 0. The molecule has 0 aliphatic heterocycles. The molecule has 0 aliphatic rings. The number of amides is 1. The van der Waals surface area contributed by atoms with Crippen molar-refractivity contribution in [3.05, 3.63) is 59.9 Å². The third-order valence-electron chi connectivity index (χ3n) is 3.57. The summed E-state index contributed by atoms with van der Waals surface area (Å²) in [6.45, 7) is 4.07. The average molecular weight is 301 g/mol. The predicted molar refractivity (Wildman–Crippen MR) is 85.7 cm³/mol. The Hall–Kier alpha value is -2.36. The van der Waals surface area contributed by atoms with Crippen LogP contribution in [-0.4, -0.2) is 12.5 Å². The Morgan fingerprint density at radius 3 is 2.59 bits per heavy atom. The molecule has 0 bridgehead atoms. The number of hydrogen-bond donors (Lipinski definition) is 1. The fourth-order valence-corrected chi connectivity index (χ4v) is 2.13. The Kier molecular flexibility index (Phi) is 5.53. The standard InChI is InChI=1S/C18H20FNO2/c1-3-13(2)14-8-4-7-11-17(14)22-12-18(21)20-16-10-6-5-9-15(16)19/h4-11,13H,3,12H2,1-2H3,(H,20,21). The molecule has 2 aromatic carbocycles. The van der Waals surface area contributed by atoms with Crippen molar-refractivity contribution in [2.45, 2.75) is 26.2 Å². The van der Waals surface area contributed by atoms with Gasteiger partial charge in [0.1, 0.15) is 11.6 Å². The summed E-state index contributed by atoms with van der Waals surface area (Å²) in [6, 6.07) is 13.7. The largest absolute Gasteiger partial charge is 0.483 e. The van der Waals surface area contributed by atoms with Crippen LogP contribution >= 0.6 is 0 Å². The van der Waals surface area contributed by atoms with Crippen molar-refractivity contribution in [2.75, 3.05) is 11.9 Å². The topological polar surface area (TPSA) is 38.3 Å². The van der Waals surface area contributed by atoms with Gasteiger partial charge >= 0.3 is 0 Å². The molecule has 2 rings (SSSR count). The van der Waals surface area contributed by atoms with Gasteiger partial charge in [-0.1, -0.05) is 44.2 Å². The average Bonchev–Trinajstić information content (AvgIpc) is 2.54. The van der Waals surface area contributed by atoms with Crippen LogP contribution in [-0.2, 0) is 4.79 Å². The number of benzene rings is 2. The minimum absolute atomic E-state index is 0.151. The molecule has 0 saturated carbocycles. The van der Waals surface area contributed by atoms with E-state index in [0.29, 0.717) is 11.7 Å². The second kappa shape index (κ2) is 7.59. The highest BCUT2D eigenvalue weighted by molar-refractivity contribution is 5.91. The summed E-state index contributed by atoms with van der Waals surface area (Å²) < 4.78 is 19.1. The molecule has 4 heteroatoms. The van der Waals surface area contributed by atoms with E-state index in [9.17, 15) is 9.18 Å². The zero-order chi connectivity index (χ0) is 15.9. The molecule has 0 radical (unpaired) electrons. The molecule has 0 aromatic heterocycles. The summed E-state index contributed by atoms with van der Waals surface area (Å²) >= 11 is 0. The fraction of sp³-hybridized carbons (Fsp3) is 0.278. The van der Waals surface area contributed by atoms with Gasteiger partial charge in [-0.3, -0.25) is 4.79 Å². The number of carbonyl (C=O) groups is 1. The quantitative estimate of drug-likeness (QED) is 0.861. The number of anilines is 1. The summed E-state index contributed by atoms with van der Waals surface area (Å²) in [4.78, 5) is 11.9. The van der Waals surface area contributed by atoms with E-state index in [0.717, 1.165) is 12.0 Å². The molecule has 2 aromatic rings. The Morgan fingerprint density at radius 2 is 1.86 bits per heavy atom. The first-order valence-corrected chi connectivity index (χ1v) is 7.38. The van der Waals surface area contributed by atoms with Crippen molar-refractivity contribution in [3.8, 4) is 5.75 Å². The molecule has 0 heterocycles. The van der Waals surface area contributed by atoms with Gasteiger partial charge in [0.15, 0.2) is 6.61 Å². The van der Waals surface area contributed by atoms with Gasteiger partial charge in [0.25, 0.3) is 5.91 Å². The molecule has 1 amide bonds. The second-order valence-corrected chi connectivity index (χ2v) is 5.16. The first-order valence-electron chi connectivity index (χ1n) is 7.38. The van der Waals surface area contributed by atoms with Gasteiger partial charge in [-0.05, 0) is 36.1 Å². The van der Waals surface area contributed by atoms with Crippen molar-refractivity contribution in [3.63, 3.8) is 0 Å². The molecule has 0 spiro atoms. The van der Waals surface area contributed by atoms with Gasteiger partial charge in [0.2, 0.25) is 0 Å². The molecular weight excluding hydrogens is 281 g/mol. The highest BCUT2D eigenvalue weighted by atomic mass is 19.1. The van der Waals surface area contributed by atoms with E-state index in [-0.39, 0.29) is 18.2 Å². The van der Waals surface area contributed by atoms with Crippen LogP contribution in [0.2, 0.25) is 0 Å². The SMILES string of the molecule is CCC(C)c1ccccc1OCC(=O)Nc1ccccc1F. The van der Waals surface area contributed by atoms with Crippen LogP contribution in [0.25, 0.3) is 0 Å². The monoisotopic (exact) mass is 301 g/mol. The number of rotatable bonds is 6. The first kappa shape index (κ1) is 16.0. The molecule has 3 nitrogen and oxygen atoms in total. The molecule has 1 unspecified atom stereocenters. The zero-order valence-corrected chi connectivity index (χ0v) is 12.8. The number of ether oxygens (including phenoxy) is 1. The van der Waals surface area contributed by atoms with Crippen molar-refractivity contribution < 1.29 is 13.9 Å². The second-order valence-electron chi connectivity index (χ2n) is 5.16. The van der Waals surface area contributed by atoms with Crippen LogP contribution in [0.3, 0.4) is 0 Å². The van der Waals surface area contributed by atoms with Gasteiger partial charge in [-0.2, -0.15) is 0 Å². The highest BCUT2D eigenvalue weighted by Gasteiger charge is 2.12. The number of hydrogen-bond acceptors (Lipinski definition) is 2. The summed E-state index contributed by atoms with van der Waals surface area (Å²) in [5.41, 5.74) is 1.23. The summed E-state index contributed by atoms with van der Waals surface area (Å²) in [5.74, 6) is 0.200. The molecule has 22 heavy (non-hydrogen) atoms. The number of halogens is 1. The lowest BCUT2D eigenvalue weighted by Gasteiger charge is -2.15. The molecule has 0 aliphatic carbocycles. The van der Waals surface area contributed by atoms with Gasteiger partial charge in [0, 0.05) is 0 Å². The van der Waals surface area contributed by atoms with Crippen molar-refractivity contribution >= 4 is 11.6 Å². The van der Waals surface area contributed by atoms with Crippen molar-refractivity contribution in [1.82, 2.24) is 0 Å². The smallest absolute Gasteiger partial charge is 0.262 e. The van der Waals surface area contributed by atoms with Crippen molar-refractivity contribution in [2.24, 2.45) is 0 Å². The zero-order valence-electron chi connectivity index (χ0n) is 12.8. The lowest BCUT2D eigenvalue weighted by molar-refractivity contribution is -0.118. The first-order chi connectivity index (χ1) is 10.6. The molecular formula is C18H20FNO2. The summed E-state index contributed by atoms with van der Waals surface area (Å²) in [6.07, 6.45) is 0.988. The Bertz CT molecular complexity index is 642. The van der Waals surface area contributed by atoms with Crippen LogP contribution in [0, 0.1) is 5.82 Å². The van der Waals surface area contributed by atoms with E-state index in [1.54, 1.807) is 12.1 Å². The third-order valence-corrected chi connectivity index (χ3v) is 3.57. The van der Waals surface area contributed by atoms with E-state index < -0.39 is 5.82 Å². The lowest BCUT2D eigenvalue weighted by atomic mass is 9.98. The van der Waals surface area contributed by atoms with Crippen LogP contribution in [0.1, 0.15) is 31.7 Å². The minimum atomic E-state index is -0.462.